The third-order valence-corrected chi connectivity index (χ3v) is 5.94. The van der Waals surface area contributed by atoms with Crippen molar-refractivity contribution in [3.05, 3.63) is 65.5 Å². The van der Waals surface area contributed by atoms with E-state index in [9.17, 15) is 14.4 Å². The zero-order valence-electron chi connectivity index (χ0n) is 20.2. The molecule has 2 heterocycles. The van der Waals surface area contributed by atoms with Gasteiger partial charge in [0.15, 0.2) is 5.69 Å². The van der Waals surface area contributed by atoms with Gasteiger partial charge in [-0.25, -0.2) is 4.68 Å². The summed E-state index contributed by atoms with van der Waals surface area (Å²) in [5.41, 5.74) is 8.53. The Hall–Kier alpha value is -4.18. The number of primary amides is 1. The molecule has 0 saturated heterocycles. The molecule has 1 aromatic heterocycles. The first-order valence-corrected chi connectivity index (χ1v) is 11.1. The fourth-order valence-electron chi connectivity index (χ4n) is 4.09. The molecule has 0 unspecified atom stereocenters. The smallest absolute Gasteiger partial charge is 0.277 e. The predicted octanol–water partition coefficient (Wildman–Crippen LogP) is 1.71. The highest BCUT2D eigenvalue weighted by molar-refractivity contribution is 6.09. The van der Waals surface area contributed by atoms with E-state index in [1.54, 1.807) is 72.5 Å². The van der Waals surface area contributed by atoms with E-state index < -0.39 is 5.91 Å². The van der Waals surface area contributed by atoms with Crippen LogP contribution in [0.4, 0.5) is 11.4 Å². The molecule has 0 spiro atoms. The molecule has 10 heteroatoms. The number of amides is 3. The van der Waals surface area contributed by atoms with E-state index in [0.29, 0.717) is 47.9 Å². The van der Waals surface area contributed by atoms with Crippen LogP contribution < -0.4 is 20.3 Å². The number of benzene rings is 2. The number of carbonyl (C=O) groups is 3. The molecule has 0 atom stereocenters. The second-order valence-corrected chi connectivity index (χ2v) is 8.56. The largest absolute Gasteiger partial charge is 0.497 e. The van der Waals surface area contributed by atoms with E-state index >= 15 is 0 Å². The summed E-state index contributed by atoms with van der Waals surface area (Å²) >= 11 is 0. The highest BCUT2D eigenvalue weighted by Gasteiger charge is 2.34. The Morgan fingerprint density at radius 3 is 2.23 bits per heavy atom. The molecule has 2 aromatic carbocycles. The van der Waals surface area contributed by atoms with Crippen molar-refractivity contribution in [1.29, 1.82) is 0 Å². The fourth-order valence-corrected chi connectivity index (χ4v) is 4.09. The Balaban J connectivity index is 1.66. The summed E-state index contributed by atoms with van der Waals surface area (Å²) in [6.07, 6.45) is 0.429. The second kappa shape index (κ2) is 9.59. The van der Waals surface area contributed by atoms with Crippen molar-refractivity contribution in [3.8, 4) is 11.4 Å². The second-order valence-electron chi connectivity index (χ2n) is 8.56. The van der Waals surface area contributed by atoms with Crippen LogP contribution in [0.1, 0.15) is 26.5 Å². The average molecular weight is 477 g/mol. The van der Waals surface area contributed by atoms with Gasteiger partial charge in [-0.1, -0.05) is 0 Å². The minimum absolute atomic E-state index is 0.0381. The quantitative estimate of drug-likeness (QED) is 0.555. The Labute approximate surface area is 203 Å². The van der Waals surface area contributed by atoms with Crippen LogP contribution in [0.3, 0.4) is 0 Å². The molecule has 2 N–H and O–H groups in total. The number of nitrogens with two attached hydrogens (primary N) is 1. The van der Waals surface area contributed by atoms with E-state index in [1.165, 1.54) is 4.68 Å². The van der Waals surface area contributed by atoms with Crippen molar-refractivity contribution < 1.29 is 19.1 Å². The SMILES string of the molecule is COc1ccc(-n2nc(C(N)=O)c3c2C(=O)N(c2ccc(N(C)C(=O)CN(C)C)cc2)CC3)cc1. The lowest BCUT2D eigenvalue weighted by Gasteiger charge is -2.28. The third-order valence-electron chi connectivity index (χ3n) is 5.94. The first kappa shape index (κ1) is 24.0. The minimum atomic E-state index is -0.676. The number of fused-ring (bicyclic) bond motifs is 1. The molecule has 0 saturated carbocycles. The van der Waals surface area contributed by atoms with Crippen LogP contribution in [-0.2, 0) is 11.2 Å². The molecule has 3 amide bonds. The number of aromatic nitrogens is 2. The first-order valence-electron chi connectivity index (χ1n) is 11.1. The van der Waals surface area contributed by atoms with Gasteiger partial charge in [0.1, 0.15) is 11.4 Å². The molecular formula is C25H28N6O4. The van der Waals surface area contributed by atoms with Crippen LogP contribution in [-0.4, -0.2) is 73.7 Å². The van der Waals surface area contributed by atoms with E-state index in [-0.39, 0.29) is 17.5 Å². The van der Waals surface area contributed by atoms with Gasteiger partial charge in [0, 0.05) is 30.5 Å². The van der Waals surface area contributed by atoms with Gasteiger partial charge in [0.2, 0.25) is 5.91 Å². The maximum atomic E-state index is 13.6. The monoisotopic (exact) mass is 476 g/mol. The Morgan fingerprint density at radius 1 is 1.03 bits per heavy atom. The van der Waals surface area contributed by atoms with Crippen LogP contribution in [0.15, 0.2) is 48.5 Å². The Kier molecular flexibility index (Phi) is 6.57. The Bertz CT molecular complexity index is 1260. The number of likely N-dealkylation sites (N-methyl/N-ethyl adjacent to an activating group) is 2. The maximum Gasteiger partial charge on any atom is 0.277 e. The molecule has 0 fully saturated rings. The van der Waals surface area contributed by atoms with Gasteiger partial charge in [-0.2, -0.15) is 5.10 Å². The van der Waals surface area contributed by atoms with Crippen molar-refractivity contribution in [2.45, 2.75) is 6.42 Å². The van der Waals surface area contributed by atoms with Gasteiger partial charge >= 0.3 is 0 Å². The molecule has 1 aliphatic heterocycles. The summed E-state index contributed by atoms with van der Waals surface area (Å²) in [7, 11) is 6.97. The van der Waals surface area contributed by atoms with Crippen molar-refractivity contribution in [1.82, 2.24) is 14.7 Å². The fraction of sp³-hybridized carbons (Fsp3) is 0.280. The van der Waals surface area contributed by atoms with Gasteiger partial charge < -0.3 is 25.2 Å². The normalized spacial score (nSPS) is 13.1. The zero-order chi connectivity index (χ0) is 25.3. The van der Waals surface area contributed by atoms with Gasteiger partial charge in [-0.15, -0.1) is 0 Å². The molecule has 3 aromatic rings. The number of methoxy groups -OCH3 is 1. The van der Waals surface area contributed by atoms with Crippen molar-refractivity contribution in [3.63, 3.8) is 0 Å². The van der Waals surface area contributed by atoms with Crippen LogP contribution in [0.25, 0.3) is 5.69 Å². The highest BCUT2D eigenvalue weighted by Crippen LogP contribution is 2.30. The zero-order valence-corrected chi connectivity index (χ0v) is 20.2. The van der Waals surface area contributed by atoms with E-state index in [2.05, 4.69) is 5.10 Å². The van der Waals surface area contributed by atoms with E-state index in [0.717, 1.165) is 5.69 Å². The first-order chi connectivity index (χ1) is 16.7. The average Bonchev–Trinajstić information content (AvgIpc) is 3.24. The van der Waals surface area contributed by atoms with Crippen LogP contribution >= 0.6 is 0 Å². The molecule has 35 heavy (non-hydrogen) atoms. The standard InChI is InChI=1S/C25H28N6O4/c1-28(2)15-21(32)29(3)16-5-7-17(8-6-16)30-14-13-20-22(24(26)33)27-31(23(20)25(30)34)18-9-11-19(35-4)12-10-18/h5-12H,13-15H2,1-4H3,(H2,26,33). The van der Waals surface area contributed by atoms with Crippen molar-refractivity contribution >= 4 is 29.1 Å². The van der Waals surface area contributed by atoms with Crippen LogP contribution in [0.2, 0.25) is 0 Å². The molecule has 10 nitrogen and oxygen atoms in total. The topological polar surface area (TPSA) is 114 Å². The summed E-state index contributed by atoms with van der Waals surface area (Å²) in [4.78, 5) is 43.1. The van der Waals surface area contributed by atoms with Gasteiger partial charge in [0.05, 0.1) is 19.3 Å². The lowest BCUT2D eigenvalue weighted by Crippen LogP contribution is -2.39. The van der Waals surface area contributed by atoms with Crippen molar-refractivity contribution in [2.75, 3.05) is 51.1 Å². The molecular weight excluding hydrogens is 448 g/mol. The minimum Gasteiger partial charge on any atom is -0.497 e. The summed E-state index contributed by atoms with van der Waals surface area (Å²) in [5, 5.41) is 4.38. The number of anilines is 2. The molecule has 182 valence electrons. The molecule has 4 rings (SSSR count). The lowest BCUT2D eigenvalue weighted by atomic mass is 10.0. The number of carbonyl (C=O) groups excluding carboxylic acids is 3. The predicted molar refractivity (Wildman–Crippen MR) is 132 cm³/mol. The number of rotatable bonds is 7. The highest BCUT2D eigenvalue weighted by atomic mass is 16.5. The third kappa shape index (κ3) is 4.60. The Morgan fingerprint density at radius 2 is 1.66 bits per heavy atom. The number of hydrogen-bond donors (Lipinski definition) is 1. The van der Waals surface area contributed by atoms with Crippen molar-refractivity contribution in [2.24, 2.45) is 5.73 Å². The molecule has 1 aliphatic rings. The lowest BCUT2D eigenvalue weighted by molar-refractivity contribution is -0.118. The molecule has 0 bridgehead atoms. The van der Waals surface area contributed by atoms with Crippen LogP contribution in [0, 0.1) is 0 Å². The summed E-state index contributed by atoms with van der Waals surface area (Å²) in [6, 6.07) is 14.3. The number of nitrogens with zero attached hydrogens (tertiary/aromatic N) is 5. The van der Waals surface area contributed by atoms with E-state index in [4.69, 9.17) is 10.5 Å². The maximum absolute atomic E-state index is 13.6. The molecule has 0 radical (unpaired) electrons. The van der Waals surface area contributed by atoms with Crippen LogP contribution in [0.5, 0.6) is 5.75 Å². The van der Waals surface area contributed by atoms with Gasteiger partial charge in [0.25, 0.3) is 11.8 Å². The summed E-state index contributed by atoms with van der Waals surface area (Å²) in [5.74, 6) is -0.341. The van der Waals surface area contributed by atoms with Gasteiger partial charge in [-0.3, -0.25) is 14.4 Å². The van der Waals surface area contributed by atoms with Gasteiger partial charge in [-0.05, 0) is 69.0 Å². The summed E-state index contributed by atoms with van der Waals surface area (Å²) < 4.78 is 6.67. The molecule has 0 aliphatic carbocycles. The van der Waals surface area contributed by atoms with E-state index in [1.807, 2.05) is 19.0 Å². The number of ether oxygens (including phenoxy) is 1. The number of hydrogen-bond acceptors (Lipinski definition) is 6. The summed E-state index contributed by atoms with van der Waals surface area (Å²) in [6.45, 7) is 0.665.